The van der Waals surface area contributed by atoms with Gasteiger partial charge in [0.05, 0.1) is 4.91 Å². The first kappa shape index (κ1) is 16.3. The quantitative estimate of drug-likeness (QED) is 0.523. The van der Waals surface area contributed by atoms with Crippen LogP contribution in [0.15, 0.2) is 36.4 Å². The average molecular weight is 288 g/mol. The molecule has 1 aromatic rings. The zero-order valence-electron chi connectivity index (χ0n) is 10.7. The molecule has 90 valence electrons. The van der Waals surface area contributed by atoms with Crippen LogP contribution in [0.25, 0.3) is 10.5 Å². The molecule has 0 aliphatic heterocycles. The molecule has 0 bridgehead atoms. The van der Waals surface area contributed by atoms with E-state index >= 15 is 0 Å². The molecule has 0 aromatic heterocycles. The molecular formula is C13H13KO3S. The van der Waals surface area contributed by atoms with Gasteiger partial charge in [0.1, 0.15) is 10.1 Å². The second kappa shape index (κ2) is 5.71. The molecule has 2 rings (SSSR count). The molecule has 0 N–H and O–H groups in total. The fourth-order valence-electron chi connectivity index (χ4n) is 2.20. The van der Waals surface area contributed by atoms with Crippen LogP contribution in [-0.4, -0.2) is 13.0 Å². The minimum absolute atomic E-state index is 0. The largest absolute Gasteiger partial charge is 1.00 e. The van der Waals surface area contributed by atoms with Crippen molar-refractivity contribution in [1.82, 2.24) is 0 Å². The Morgan fingerprint density at radius 2 is 1.72 bits per heavy atom. The smallest absolute Gasteiger partial charge is 0.744 e. The molecule has 3 nitrogen and oxygen atoms in total. The number of benzene rings is 1. The van der Waals surface area contributed by atoms with E-state index in [1.165, 1.54) is 0 Å². The van der Waals surface area contributed by atoms with Crippen molar-refractivity contribution in [3.05, 3.63) is 47.5 Å². The summed E-state index contributed by atoms with van der Waals surface area (Å²) in [5.74, 6) is -0.122. The number of rotatable bonds is 1. The maximum atomic E-state index is 11.4. The van der Waals surface area contributed by atoms with E-state index in [9.17, 15) is 13.0 Å². The van der Waals surface area contributed by atoms with Gasteiger partial charge in [0.2, 0.25) is 0 Å². The first-order valence-corrected chi connectivity index (χ1v) is 6.70. The topological polar surface area (TPSA) is 57.2 Å². The molecule has 1 unspecified atom stereocenters. The number of allylic oxidation sites excluding steroid dienone is 2. The second-order valence-corrected chi connectivity index (χ2v) is 5.58. The van der Waals surface area contributed by atoms with Gasteiger partial charge < -0.3 is 4.55 Å². The maximum Gasteiger partial charge on any atom is 1.00 e. The zero-order chi connectivity index (χ0) is 12.8. The van der Waals surface area contributed by atoms with Crippen molar-refractivity contribution in [2.75, 3.05) is 0 Å². The van der Waals surface area contributed by atoms with E-state index in [4.69, 9.17) is 0 Å². The third-order valence-corrected chi connectivity index (χ3v) is 4.34. The van der Waals surface area contributed by atoms with Crippen LogP contribution in [-0.2, 0) is 10.1 Å². The molecule has 1 atom stereocenters. The number of hydrogen-bond donors (Lipinski definition) is 0. The van der Waals surface area contributed by atoms with Gasteiger partial charge in [0, 0.05) is 5.92 Å². The SMILES string of the molecule is C=C1c2ccccc2C(S(=O)(=O)[O-])=C(C)C1C.[K+]. The van der Waals surface area contributed by atoms with E-state index in [2.05, 4.69) is 6.58 Å². The summed E-state index contributed by atoms with van der Waals surface area (Å²) < 4.78 is 34.1. The van der Waals surface area contributed by atoms with Crippen LogP contribution >= 0.6 is 0 Å². The third kappa shape index (κ3) is 2.72. The van der Waals surface area contributed by atoms with Crippen molar-refractivity contribution in [1.29, 1.82) is 0 Å². The van der Waals surface area contributed by atoms with Crippen LogP contribution in [0.4, 0.5) is 0 Å². The van der Waals surface area contributed by atoms with E-state index in [0.717, 1.165) is 11.1 Å². The molecule has 0 saturated heterocycles. The predicted octanol–water partition coefficient (Wildman–Crippen LogP) is -0.370. The summed E-state index contributed by atoms with van der Waals surface area (Å²) >= 11 is 0. The molecule has 1 aliphatic rings. The van der Waals surface area contributed by atoms with Crippen molar-refractivity contribution in [3.63, 3.8) is 0 Å². The molecule has 0 radical (unpaired) electrons. The van der Waals surface area contributed by atoms with E-state index in [-0.39, 0.29) is 62.2 Å². The van der Waals surface area contributed by atoms with Gasteiger partial charge in [0.15, 0.2) is 0 Å². The molecule has 5 heteroatoms. The number of hydrogen-bond acceptors (Lipinski definition) is 3. The molecule has 0 fully saturated rings. The Bertz CT molecular complexity index is 629. The number of fused-ring (bicyclic) bond motifs is 1. The van der Waals surface area contributed by atoms with Gasteiger partial charge in [-0.3, -0.25) is 0 Å². The molecule has 0 heterocycles. The van der Waals surface area contributed by atoms with Gasteiger partial charge >= 0.3 is 51.4 Å². The molecular weight excluding hydrogens is 275 g/mol. The Hall–Kier alpha value is 0.246. The van der Waals surface area contributed by atoms with Gasteiger partial charge in [-0.2, -0.15) is 0 Å². The summed E-state index contributed by atoms with van der Waals surface area (Å²) in [6.07, 6.45) is 0. The van der Waals surface area contributed by atoms with Gasteiger partial charge in [-0.15, -0.1) is 0 Å². The van der Waals surface area contributed by atoms with Gasteiger partial charge in [0.25, 0.3) is 0 Å². The molecule has 0 amide bonds. The third-order valence-electron chi connectivity index (χ3n) is 3.30. The Labute approximate surface area is 150 Å². The minimum Gasteiger partial charge on any atom is -0.744 e. The van der Waals surface area contributed by atoms with Gasteiger partial charge in [-0.05, 0) is 29.2 Å². The van der Waals surface area contributed by atoms with Crippen LogP contribution in [0, 0.1) is 5.92 Å². The van der Waals surface area contributed by atoms with Crippen LogP contribution in [0.5, 0.6) is 0 Å². The Balaban J connectivity index is 0.00000162. The van der Waals surface area contributed by atoms with E-state index in [1.54, 1.807) is 25.1 Å². The predicted molar refractivity (Wildman–Crippen MR) is 66.9 cm³/mol. The maximum absolute atomic E-state index is 11.4. The zero-order valence-corrected chi connectivity index (χ0v) is 14.7. The summed E-state index contributed by atoms with van der Waals surface area (Å²) in [5.41, 5.74) is 2.65. The fourth-order valence-corrected chi connectivity index (χ4v) is 3.22. The average Bonchev–Trinajstić information content (AvgIpc) is 2.24. The van der Waals surface area contributed by atoms with E-state index in [1.807, 2.05) is 13.0 Å². The summed E-state index contributed by atoms with van der Waals surface area (Å²) in [7, 11) is -4.46. The standard InChI is InChI=1S/C13H14O3S.K/c1-8-9(2)11-6-4-5-7-12(11)13(10(8)3)17(14,15)16;/h4-8H,2H2,1,3H3,(H,14,15,16);/q;+1/p-1. The Morgan fingerprint density at radius 3 is 2.22 bits per heavy atom. The first-order chi connectivity index (χ1) is 7.84. The van der Waals surface area contributed by atoms with Crippen molar-refractivity contribution in [2.24, 2.45) is 5.92 Å². The van der Waals surface area contributed by atoms with Crippen molar-refractivity contribution in [3.8, 4) is 0 Å². The molecule has 1 aromatic carbocycles. The Morgan fingerprint density at radius 1 is 1.22 bits per heavy atom. The van der Waals surface area contributed by atoms with Crippen LogP contribution in [0.3, 0.4) is 0 Å². The fraction of sp³-hybridized carbons (Fsp3) is 0.231. The molecule has 1 aliphatic carbocycles. The summed E-state index contributed by atoms with van der Waals surface area (Å²) in [6, 6.07) is 6.99. The summed E-state index contributed by atoms with van der Waals surface area (Å²) in [4.78, 5) is -0.0898. The van der Waals surface area contributed by atoms with Gasteiger partial charge in [-0.1, -0.05) is 37.8 Å². The van der Waals surface area contributed by atoms with E-state index < -0.39 is 10.1 Å². The monoisotopic (exact) mass is 288 g/mol. The van der Waals surface area contributed by atoms with Gasteiger partial charge in [-0.25, -0.2) is 8.42 Å². The van der Waals surface area contributed by atoms with Crippen molar-refractivity contribution in [2.45, 2.75) is 13.8 Å². The summed E-state index contributed by atoms with van der Waals surface area (Å²) in [6.45, 7) is 7.51. The Kier molecular flexibility index (Phi) is 5.17. The summed E-state index contributed by atoms with van der Waals surface area (Å²) in [5, 5.41) is 0. The van der Waals surface area contributed by atoms with Crippen LogP contribution < -0.4 is 51.4 Å². The van der Waals surface area contributed by atoms with Crippen molar-refractivity contribution >= 4 is 20.6 Å². The van der Waals surface area contributed by atoms with E-state index in [0.29, 0.717) is 11.1 Å². The molecule has 18 heavy (non-hydrogen) atoms. The van der Waals surface area contributed by atoms with Crippen molar-refractivity contribution < 1.29 is 64.4 Å². The molecule has 0 spiro atoms. The second-order valence-electron chi connectivity index (χ2n) is 4.26. The normalized spacial score (nSPS) is 19.3. The van der Waals surface area contributed by atoms with Crippen LogP contribution in [0.1, 0.15) is 25.0 Å². The minimum atomic E-state index is -4.46. The first-order valence-electron chi connectivity index (χ1n) is 5.29. The van der Waals surface area contributed by atoms with Crippen LogP contribution in [0.2, 0.25) is 0 Å². The molecule has 0 saturated carbocycles.